The van der Waals surface area contributed by atoms with E-state index in [2.05, 4.69) is 10.3 Å². The van der Waals surface area contributed by atoms with E-state index in [1.165, 1.54) is 6.07 Å². The van der Waals surface area contributed by atoms with Crippen LogP contribution in [0.2, 0.25) is 0 Å². The molecule has 6 nitrogen and oxygen atoms in total. The SMILES string of the molecule is CC(C)Oc1cccc(C(=O)NC(C(=O)O)C2CC2)n1. The van der Waals surface area contributed by atoms with Crippen LogP contribution < -0.4 is 10.1 Å². The van der Waals surface area contributed by atoms with Gasteiger partial charge in [0.1, 0.15) is 11.7 Å². The van der Waals surface area contributed by atoms with E-state index in [0.717, 1.165) is 12.8 Å². The molecule has 1 amide bonds. The Bertz CT molecular complexity index is 512. The summed E-state index contributed by atoms with van der Waals surface area (Å²) < 4.78 is 5.41. The molecule has 0 radical (unpaired) electrons. The predicted molar refractivity (Wildman–Crippen MR) is 71.6 cm³/mol. The van der Waals surface area contributed by atoms with Crippen molar-refractivity contribution < 1.29 is 19.4 Å². The number of hydrogen-bond acceptors (Lipinski definition) is 4. The topological polar surface area (TPSA) is 88.5 Å². The molecule has 20 heavy (non-hydrogen) atoms. The zero-order valence-corrected chi connectivity index (χ0v) is 11.5. The average molecular weight is 278 g/mol. The van der Waals surface area contributed by atoms with Gasteiger partial charge in [-0.15, -0.1) is 0 Å². The number of hydrogen-bond donors (Lipinski definition) is 2. The lowest BCUT2D eigenvalue weighted by atomic mass is 10.2. The van der Waals surface area contributed by atoms with Crippen LogP contribution in [0.1, 0.15) is 37.2 Å². The summed E-state index contributed by atoms with van der Waals surface area (Å²) in [5.41, 5.74) is 0.162. The van der Waals surface area contributed by atoms with E-state index in [1.807, 2.05) is 13.8 Å². The molecule has 1 aliphatic rings. The molecule has 1 heterocycles. The summed E-state index contributed by atoms with van der Waals surface area (Å²) in [5, 5.41) is 11.6. The number of nitrogens with zero attached hydrogens (tertiary/aromatic N) is 1. The standard InChI is InChI=1S/C14H18N2O4/c1-8(2)20-11-5-3-4-10(15-11)13(17)16-12(14(18)19)9-6-7-9/h3-5,8-9,12H,6-7H2,1-2H3,(H,16,17)(H,18,19). The normalized spacial score (nSPS) is 15.8. The fourth-order valence-electron chi connectivity index (χ4n) is 1.87. The Balaban J connectivity index is 2.06. The lowest BCUT2D eigenvalue weighted by molar-refractivity contribution is -0.139. The van der Waals surface area contributed by atoms with Gasteiger partial charge in [-0.25, -0.2) is 9.78 Å². The van der Waals surface area contributed by atoms with Gasteiger partial charge in [0.15, 0.2) is 0 Å². The summed E-state index contributed by atoms with van der Waals surface area (Å²) in [6.45, 7) is 3.73. The van der Waals surface area contributed by atoms with Gasteiger partial charge in [0.2, 0.25) is 5.88 Å². The highest BCUT2D eigenvalue weighted by atomic mass is 16.5. The third-order valence-electron chi connectivity index (χ3n) is 2.96. The first-order valence-corrected chi connectivity index (χ1v) is 6.64. The van der Waals surface area contributed by atoms with E-state index in [0.29, 0.717) is 5.88 Å². The van der Waals surface area contributed by atoms with Crippen LogP contribution in [-0.4, -0.2) is 34.1 Å². The number of nitrogens with one attached hydrogen (secondary N) is 1. The van der Waals surface area contributed by atoms with Crippen LogP contribution in [0.5, 0.6) is 5.88 Å². The van der Waals surface area contributed by atoms with Crippen molar-refractivity contribution in [1.29, 1.82) is 0 Å². The molecule has 1 aliphatic carbocycles. The molecular weight excluding hydrogens is 260 g/mol. The van der Waals surface area contributed by atoms with Crippen LogP contribution in [0, 0.1) is 5.92 Å². The molecule has 1 aromatic heterocycles. The fraction of sp³-hybridized carbons (Fsp3) is 0.500. The molecule has 0 aliphatic heterocycles. The Labute approximate surface area is 117 Å². The van der Waals surface area contributed by atoms with Gasteiger partial charge in [-0.05, 0) is 38.7 Å². The quantitative estimate of drug-likeness (QED) is 0.822. The molecule has 2 rings (SSSR count). The fourth-order valence-corrected chi connectivity index (χ4v) is 1.87. The summed E-state index contributed by atoms with van der Waals surface area (Å²) in [6, 6.07) is 4.02. The summed E-state index contributed by atoms with van der Waals surface area (Å²) in [5.74, 6) is -1.11. The summed E-state index contributed by atoms with van der Waals surface area (Å²) >= 11 is 0. The first-order valence-electron chi connectivity index (χ1n) is 6.64. The molecule has 1 saturated carbocycles. The maximum absolute atomic E-state index is 12.0. The van der Waals surface area contributed by atoms with Gasteiger partial charge in [-0.2, -0.15) is 0 Å². The Morgan fingerprint density at radius 2 is 2.10 bits per heavy atom. The molecule has 6 heteroatoms. The van der Waals surface area contributed by atoms with Gasteiger partial charge >= 0.3 is 5.97 Å². The number of carbonyl (C=O) groups is 2. The van der Waals surface area contributed by atoms with Crippen molar-refractivity contribution in [3.63, 3.8) is 0 Å². The first kappa shape index (κ1) is 14.3. The maximum atomic E-state index is 12.0. The van der Waals surface area contributed by atoms with Crippen molar-refractivity contribution in [2.45, 2.75) is 38.8 Å². The van der Waals surface area contributed by atoms with E-state index >= 15 is 0 Å². The molecular formula is C14H18N2O4. The first-order chi connectivity index (χ1) is 9.47. The number of carboxylic acid groups (broad SMARTS) is 1. The highest BCUT2D eigenvalue weighted by Gasteiger charge is 2.37. The third-order valence-corrected chi connectivity index (χ3v) is 2.96. The van der Waals surface area contributed by atoms with E-state index in [9.17, 15) is 9.59 Å². The largest absolute Gasteiger partial charge is 0.480 e. The summed E-state index contributed by atoms with van der Waals surface area (Å²) in [4.78, 5) is 27.2. The van der Waals surface area contributed by atoms with Gasteiger partial charge in [-0.1, -0.05) is 6.07 Å². The molecule has 1 fully saturated rings. The summed E-state index contributed by atoms with van der Waals surface area (Å²) in [6.07, 6.45) is 1.63. The smallest absolute Gasteiger partial charge is 0.326 e. The zero-order valence-electron chi connectivity index (χ0n) is 11.5. The van der Waals surface area contributed by atoms with Gasteiger partial charge in [0, 0.05) is 6.07 Å². The monoisotopic (exact) mass is 278 g/mol. The van der Waals surface area contributed by atoms with Crippen molar-refractivity contribution in [2.24, 2.45) is 5.92 Å². The molecule has 0 bridgehead atoms. The maximum Gasteiger partial charge on any atom is 0.326 e. The predicted octanol–water partition coefficient (Wildman–Crippen LogP) is 1.46. The zero-order chi connectivity index (χ0) is 14.7. The molecule has 1 atom stereocenters. The number of amides is 1. The minimum absolute atomic E-state index is 0.0338. The Kier molecular flexibility index (Phi) is 4.22. The van der Waals surface area contributed by atoms with E-state index in [-0.39, 0.29) is 17.7 Å². The number of rotatable bonds is 6. The molecule has 1 aromatic rings. The Morgan fingerprint density at radius 1 is 1.40 bits per heavy atom. The number of aromatic nitrogens is 1. The summed E-state index contributed by atoms with van der Waals surface area (Å²) in [7, 11) is 0. The highest BCUT2D eigenvalue weighted by Crippen LogP contribution is 2.32. The minimum atomic E-state index is -1.00. The number of ether oxygens (including phenoxy) is 1. The molecule has 0 saturated heterocycles. The molecule has 0 spiro atoms. The van der Waals surface area contributed by atoms with Gasteiger partial charge in [0.25, 0.3) is 5.91 Å². The highest BCUT2D eigenvalue weighted by molar-refractivity contribution is 5.95. The van der Waals surface area contributed by atoms with Crippen LogP contribution in [0.25, 0.3) is 0 Å². The number of pyridine rings is 1. The van der Waals surface area contributed by atoms with Crippen LogP contribution in [0.4, 0.5) is 0 Å². The van der Waals surface area contributed by atoms with E-state index in [1.54, 1.807) is 12.1 Å². The number of carbonyl (C=O) groups excluding carboxylic acids is 1. The lowest BCUT2D eigenvalue weighted by Crippen LogP contribution is -2.42. The number of carboxylic acids is 1. The Morgan fingerprint density at radius 3 is 2.65 bits per heavy atom. The van der Waals surface area contributed by atoms with Crippen molar-refractivity contribution in [2.75, 3.05) is 0 Å². The molecule has 1 unspecified atom stereocenters. The van der Waals surface area contributed by atoms with Crippen molar-refractivity contribution in [1.82, 2.24) is 10.3 Å². The van der Waals surface area contributed by atoms with Crippen molar-refractivity contribution in [3.8, 4) is 5.88 Å². The van der Waals surface area contributed by atoms with Crippen LogP contribution in [0.15, 0.2) is 18.2 Å². The second kappa shape index (κ2) is 5.90. The van der Waals surface area contributed by atoms with Crippen molar-refractivity contribution >= 4 is 11.9 Å². The lowest BCUT2D eigenvalue weighted by Gasteiger charge is -2.14. The molecule has 108 valence electrons. The van der Waals surface area contributed by atoms with Crippen LogP contribution >= 0.6 is 0 Å². The number of aliphatic carboxylic acids is 1. The minimum Gasteiger partial charge on any atom is -0.480 e. The average Bonchev–Trinajstić information content (AvgIpc) is 3.19. The van der Waals surface area contributed by atoms with Crippen molar-refractivity contribution in [3.05, 3.63) is 23.9 Å². The third kappa shape index (κ3) is 3.69. The van der Waals surface area contributed by atoms with E-state index in [4.69, 9.17) is 9.84 Å². The van der Waals surface area contributed by atoms with E-state index < -0.39 is 17.9 Å². The molecule has 0 aromatic carbocycles. The second-order valence-electron chi connectivity index (χ2n) is 5.15. The van der Waals surface area contributed by atoms with Gasteiger partial charge in [0.05, 0.1) is 6.10 Å². The Hall–Kier alpha value is -2.11. The van der Waals surface area contributed by atoms with Gasteiger partial charge in [-0.3, -0.25) is 4.79 Å². The molecule has 2 N–H and O–H groups in total. The van der Waals surface area contributed by atoms with Crippen LogP contribution in [-0.2, 0) is 4.79 Å². The van der Waals surface area contributed by atoms with Gasteiger partial charge < -0.3 is 15.2 Å². The second-order valence-corrected chi connectivity index (χ2v) is 5.15. The van der Waals surface area contributed by atoms with Crippen LogP contribution in [0.3, 0.4) is 0 Å².